The predicted octanol–water partition coefficient (Wildman–Crippen LogP) is 4.30. The first-order chi connectivity index (χ1) is 13.1. The van der Waals surface area contributed by atoms with Gasteiger partial charge in [0.1, 0.15) is 5.82 Å². The number of aromatic nitrogens is 2. The van der Waals surface area contributed by atoms with E-state index >= 15 is 0 Å². The average Bonchev–Trinajstić information content (AvgIpc) is 2.67. The van der Waals surface area contributed by atoms with E-state index in [0.717, 1.165) is 17.1 Å². The fraction of sp³-hybridized carbons (Fsp3) is 0.200. The van der Waals surface area contributed by atoms with Crippen LogP contribution in [0.3, 0.4) is 0 Å². The molecule has 7 heteroatoms. The van der Waals surface area contributed by atoms with Gasteiger partial charge in [0.2, 0.25) is 11.7 Å². The van der Waals surface area contributed by atoms with Crippen molar-refractivity contribution < 1.29 is 14.2 Å². The van der Waals surface area contributed by atoms with Gasteiger partial charge >= 0.3 is 0 Å². The Morgan fingerprint density at radius 2 is 1.41 bits per heavy atom. The summed E-state index contributed by atoms with van der Waals surface area (Å²) in [6.45, 7) is 1.91. The summed E-state index contributed by atoms with van der Waals surface area (Å²) >= 11 is 0. The Labute approximate surface area is 158 Å². The molecule has 0 amide bonds. The molecule has 0 saturated heterocycles. The van der Waals surface area contributed by atoms with Crippen molar-refractivity contribution >= 4 is 23.1 Å². The van der Waals surface area contributed by atoms with Crippen molar-refractivity contribution in [1.82, 2.24) is 9.97 Å². The van der Waals surface area contributed by atoms with Gasteiger partial charge in [-0.1, -0.05) is 18.2 Å². The van der Waals surface area contributed by atoms with E-state index in [1.165, 1.54) is 0 Å². The molecule has 3 aromatic rings. The molecule has 2 N–H and O–H groups in total. The van der Waals surface area contributed by atoms with Crippen LogP contribution in [0.2, 0.25) is 0 Å². The van der Waals surface area contributed by atoms with Crippen molar-refractivity contribution in [2.75, 3.05) is 32.0 Å². The van der Waals surface area contributed by atoms with Crippen molar-refractivity contribution in [1.29, 1.82) is 0 Å². The lowest BCUT2D eigenvalue weighted by molar-refractivity contribution is 0.324. The average molecular weight is 366 g/mol. The SMILES string of the molecule is COc1cc(Nc2nc(C)cc(Nc3ccccc3)n2)cc(OC)c1OC. The topological polar surface area (TPSA) is 77.5 Å². The molecule has 0 unspecified atom stereocenters. The monoisotopic (exact) mass is 366 g/mol. The van der Waals surface area contributed by atoms with Gasteiger partial charge in [0.15, 0.2) is 11.5 Å². The van der Waals surface area contributed by atoms with E-state index in [4.69, 9.17) is 14.2 Å². The van der Waals surface area contributed by atoms with Crippen LogP contribution in [0.15, 0.2) is 48.5 Å². The fourth-order valence-electron chi connectivity index (χ4n) is 2.64. The molecule has 0 saturated carbocycles. The second-order valence-electron chi connectivity index (χ2n) is 5.75. The minimum absolute atomic E-state index is 0.461. The molecule has 1 aromatic heterocycles. The first-order valence-corrected chi connectivity index (χ1v) is 8.37. The number of ether oxygens (including phenoxy) is 3. The Bertz CT molecular complexity index is 891. The number of hydrogen-bond acceptors (Lipinski definition) is 7. The zero-order valence-corrected chi connectivity index (χ0v) is 15.7. The Morgan fingerprint density at radius 3 is 2.00 bits per heavy atom. The Morgan fingerprint density at radius 1 is 0.741 bits per heavy atom. The van der Waals surface area contributed by atoms with Crippen LogP contribution in [0, 0.1) is 6.92 Å². The standard InChI is InChI=1S/C20H22N4O3/c1-13-10-18(22-14-8-6-5-7-9-14)24-20(21-13)23-15-11-16(25-2)19(27-4)17(12-15)26-3/h5-12H,1-4H3,(H2,21,22,23,24). The lowest BCUT2D eigenvalue weighted by atomic mass is 10.2. The van der Waals surface area contributed by atoms with E-state index in [9.17, 15) is 0 Å². The number of nitrogens with one attached hydrogen (secondary N) is 2. The molecule has 0 atom stereocenters. The Hall–Kier alpha value is -3.48. The van der Waals surface area contributed by atoms with E-state index in [1.807, 2.05) is 43.3 Å². The summed E-state index contributed by atoms with van der Waals surface area (Å²) in [5, 5.41) is 6.47. The van der Waals surface area contributed by atoms with E-state index < -0.39 is 0 Å². The maximum atomic E-state index is 5.39. The van der Waals surface area contributed by atoms with Gasteiger partial charge in [-0.2, -0.15) is 4.98 Å². The molecular formula is C20H22N4O3. The van der Waals surface area contributed by atoms with Crippen LogP contribution < -0.4 is 24.8 Å². The lowest BCUT2D eigenvalue weighted by Gasteiger charge is -2.15. The third-order valence-electron chi connectivity index (χ3n) is 3.82. The summed E-state index contributed by atoms with van der Waals surface area (Å²) in [6, 6.07) is 15.3. The second-order valence-corrected chi connectivity index (χ2v) is 5.75. The van der Waals surface area contributed by atoms with Crippen molar-refractivity contribution in [3.05, 3.63) is 54.2 Å². The van der Waals surface area contributed by atoms with Gasteiger partial charge in [0.25, 0.3) is 0 Å². The smallest absolute Gasteiger partial charge is 0.229 e. The summed E-state index contributed by atoms with van der Waals surface area (Å²) < 4.78 is 16.1. The van der Waals surface area contributed by atoms with E-state index in [-0.39, 0.29) is 0 Å². The molecule has 0 aliphatic rings. The minimum atomic E-state index is 0.461. The molecule has 27 heavy (non-hydrogen) atoms. The molecule has 0 bridgehead atoms. The molecule has 3 rings (SSSR count). The van der Waals surface area contributed by atoms with Gasteiger partial charge in [0, 0.05) is 35.3 Å². The van der Waals surface area contributed by atoms with Gasteiger partial charge in [-0.3, -0.25) is 0 Å². The highest BCUT2D eigenvalue weighted by Crippen LogP contribution is 2.40. The van der Waals surface area contributed by atoms with Crippen LogP contribution in [0.25, 0.3) is 0 Å². The van der Waals surface area contributed by atoms with Crippen LogP contribution in [0.4, 0.5) is 23.1 Å². The maximum Gasteiger partial charge on any atom is 0.229 e. The van der Waals surface area contributed by atoms with Gasteiger partial charge in [-0.05, 0) is 19.1 Å². The highest BCUT2D eigenvalue weighted by atomic mass is 16.5. The van der Waals surface area contributed by atoms with Crippen LogP contribution in [-0.2, 0) is 0 Å². The van der Waals surface area contributed by atoms with Crippen LogP contribution in [0.1, 0.15) is 5.69 Å². The highest BCUT2D eigenvalue weighted by Gasteiger charge is 2.14. The quantitative estimate of drug-likeness (QED) is 0.645. The van der Waals surface area contributed by atoms with Crippen LogP contribution in [-0.4, -0.2) is 31.3 Å². The summed E-state index contributed by atoms with van der Waals surface area (Å²) in [4.78, 5) is 8.98. The molecule has 1 heterocycles. The number of anilines is 4. The number of benzene rings is 2. The summed E-state index contributed by atoms with van der Waals surface area (Å²) in [7, 11) is 4.72. The molecule has 140 valence electrons. The second kappa shape index (κ2) is 8.27. The van der Waals surface area contributed by atoms with E-state index in [1.54, 1.807) is 33.5 Å². The van der Waals surface area contributed by atoms with Crippen molar-refractivity contribution in [2.45, 2.75) is 6.92 Å². The molecule has 0 aliphatic heterocycles. The Balaban J connectivity index is 1.89. The first kappa shape index (κ1) is 18.3. The van der Waals surface area contributed by atoms with Crippen molar-refractivity contribution in [2.24, 2.45) is 0 Å². The fourth-order valence-corrected chi connectivity index (χ4v) is 2.64. The maximum absolute atomic E-state index is 5.39. The lowest BCUT2D eigenvalue weighted by Crippen LogP contribution is -2.03. The normalized spacial score (nSPS) is 10.2. The number of nitrogens with zero attached hydrogens (tertiary/aromatic N) is 2. The summed E-state index contributed by atoms with van der Waals surface area (Å²) in [6.07, 6.45) is 0. The Kier molecular flexibility index (Phi) is 5.61. The van der Waals surface area contributed by atoms with Crippen LogP contribution in [0.5, 0.6) is 17.2 Å². The summed E-state index contributed by atoms with van der Waals surface area (Å²) in [5.41, 5.74) is 2.51. The van der Waals surface area contributed by atoms with Gasteiger partial charge < -0.3 is 24.8 Å². The molecule has 2 aromatic carbocycles. The molecule has 0 radical (unpaired) electrons. The van der Waals surface area contributed by atoms with Gasteiger partial charge in [-0.15, -0.1) is 0 Å². The minimum Gasteiger partial charge on any atom is -0.493 e. The van der Waals surface area contributed by atoms with E-state index in [0.29, 0.717) is 29.0 Å². The third-order valence-corrected chi connectivity index (χ3v) is 3.82. The molecule has 0 spiro atoms. The van der Waals surface area contributed by atoms with Crippen molar-refractivity contribution in [3.8, 4) is 17.2 Å². The van der Waals surface area contributed by atoms with Gasteiger partial charge in [0.05, 0.1) is 21.3 Å². The number of methoxy groups -OCH3 is 3. The zero-order valence-electron chi connectivity index (χ0n) is 15.7. The van der Waals surface area contributed by atoms with Gasteiger partial charge in [-0.25, -0.2) is 4.98 Å². The molecule has 0 aliphatic carbocycles. The zero-order chi connectivity index (χ0) is 19.2. The molecule has 0 fully saturated rings. The number of hydrogen-bond donors (Lipinski definition) is 2. The highest BCUT2D eigenvalue weighted by molar-refractivity contribution is 5.66. The number of para-hydroxylation sites is 1. The van der Waals surface area contributed by atoms with E-state index in [2.05, 4.69) is 20.6 Å². The third kappa shape index (κ3) is 4.38. The predicted molar refractivity (Wildman–Crippen MR) is 106 cm³/mol. The number of rotatable bonds is 7. The summed E-state index contributed by atoms with van der Waals surface area (Å²) in [5.74, 6) is 2.79. The number of aryl methyl sites for hydroxylation is 1. The molecular weight excluding hydrogens is 344 g/mol. The van der Waals surface area contributed by atoms with Crippen LogP contribution >= 0.6 is 0 Å². The first-order valence-electron chi connectivity index (χ1n) is 8.37. The van der Waals surface area contributed by atoms with Crippen molar-refractivity contribution in [3.63, 3.8) is 0 Å². The molecule has 7 nitrogen and oxygen atoms in total. The largest absolute Gasteiger partial charge is 0.493 e.